The number of piperazine rings is 2. The summed E-state index contributed by atoms with van der Waals surface area (Å²) < 4.78 is 14.6. The van der Waals surface area contributed by atoms with Gasteiger partial charge in [0.15, 0.2) is 0 Å². The van der Waals surface area contributed by atoms with E-state index < -0.39 is 0 Å². The molecule has 7 heteroatoms. The number of hydrogen-bond acceptors (Lipinski definition) is 4. The summed E-state index contributed by atoms with van der Waals surface area (Å²) in [4.78, 5) is 22.8. The highest BCUT2D eigenvalue weighted by Gasteiger charge is 2.43. The van der Waals surface area contributed by atoms with E-state index in [4.69, 9.17) is 11.6 Å². The van der Waals surface area contributed by atoms with Crippen LogP contribution < -0.4 is 14.7 Å². The summed E-state index contributed by atoms with van der Waals surface area (Å²) in [5, 5.41) is 0.726. The van der Waals surface area contributed by atoms with Crippen molar-refractivity contribution in [3.05, 3.63) is 89.2 Å². The van der Waals surface area contributed by atoms with Crippen LogP contribution in [0.3, 0.4) is 0 Å². The summed E-state index contributed by atoms with van der Waals surface area (Å²) in [6.07, 6.45) is 0.718. The van der Waals surface area contributed by atoms with Crippen molar-refractivity contribution < 1.29 is 9.18 Å². The van der Waals surface area contributed by atoms with Gasteiger partial charge in [0, 0.05) is 62.2 Å². The third-order valence-electron chi connectivity index (χ3n) is 7.90. The van der Waals surface area contributed by atoms with Crippen molar-refractivity contribution in [1.29, 1.82) is 0 Å². The highest BCUT2D eigenvalue weighted by molar-refractivity contribution is 6.30. The Morgan fingerprint density at radius 3 is 2.31 bits per heavy atom. The number of hydrogen-bond donors (Lipinski definition) is 0. The lowest BCUT2D eigenvalue weighted by atomic mass is 9.82. The molecule has 0 aromatic heterocycles. The molecule has 0 N–H and O–H groups in total. The number of carbonyl (C=O) groups is 1. The fourth-order valence-corrected chi connectivity index (χ4v) is 6.25. The quantitative estimate of drug-likeness (QED) is 0.517. The summed E-state index contributed by atoms with van der Waals surface area (Å²) >= 11 is 6.19. The molecule has 5 nitrogen and oxygen atoms in total. The first-order chi connectivity index (χ1) is 17.6. The molecular formula is C29H30ClFN4O. The normalized spacial score (nSPS) is 21.7. The van der Waals surface area contributed by atoms with Gasteiger partial charge < -0.3 is 19.6 Å². The molecule has 36 heavy (non-hydrogen) atoms. The number of halogens is 2. The molecule has 3 aliphatic rings. The van der Waals surface area contributed by atoms with E-state index in [1.165, 1.54) is 17.3 Å². The molecule has 3 aliphatic heterocycles. The molecule has 2 fully saturated rings. The summed E-state index contributed by atoms with van der Waals surface area (Å²) in [5.74, 6) is -0.157. The number of fused-ring (bicyclic) bond motifs is 3. The van der Waals surface area contributed by atoms with E-state index in [2.05, 4.69) is 45.0 Å². The van der Waals surface area contributed by atoms with Gasteiger partial charge in [-0.25, -0.2) is 4.39 Å². The Bertz CT molecular complexity index is 1260. The van der Waals surface area contributed by atoms with Gasteiger partial charge in [0.1, 0.15) is 5.82 Å². The molecule has 6 rings (SSSR count). The van der Waals surface area contributed by atoms with Crippen LogP contribution in [0.15, 0.2) is 72.8 Å². The van der Waals surface area contributed by atoms with Crippen molar-refractivity contribution in [3.8, 4) is 0 Å². The highest BCUT2D eigenvalue weighted by Crippen LogP contribution is 2.38. The number of benzene rings is 3. The van der Waals surface area contributed by atoms with Crippen LogP contribution in [-0.4, -0.2) is 62.7 Å². The Morgan fingerprint density at radius 2 is 1.53 bits per heavy atom. The number of rotatable bonds is 3. The van der Waals surface area contributed by atoms with Crippen LogP contribution in [0.5, 0.6) is 0 Å². The summed E-state index contributed by atoms with van der Waals surface area (Å²) in [6.45, 7) is 5.07. The molecule has 1 amide bonds. The predicted molar refractivity (Wildman–Crippen MR) is 144 cm³/mol. The minimum Gasteiger partial charge on any atom is -0.368 e. The maximum Gasteiger partial charge on any atom is 0.228 e. The van der Waals surface area contributed by atoms with E-state index in [0.29, 0.717) is 25.3 Å². The largest absolute Gasteiger partial charge is 0.368 e. The fraction of sp³-hybridized carbons (Fsp3) is 0.345. The molecule has 0 bridgehead atoms. The molecule has 0 aliphatic carbocycles. The van der Waals surface area contributed by atoms with E-state index in [0.717, 1.165) is 43.3 Å². The van der Waals surface area contributed by atoms with Crippen LogP contribution in [0.1, 0.15) is 5.56 Å². The molecule has 3 heterocycles. The van der Waals surface area contributed by atoms with Gasteiger partial charge in [0.25, 0.3) is 0 Å². The van der Waals surface area contributed by atoms with E-state index in [1.54, 1.807) is 6.07 Å². The van der Waals surface area contributed by atoms with Gasteiger partial charge in [0.05, 0.1) is 17.6 Å². The smallest absolute Gasteiger partial charge is 0.228 e. The molecular weight excluding hydrogens is 475 g/mol. The average Bonchev–Trinajstić information content (AvgIpc) is 2.92. The third-order valence-corrected chi connectivity index (χ3v) is 8.13. The summed E-state index contributed by atoms with van der Waals surface area (Å²) in [6, 6.07) is 23.3. The average molecular weight is 505 g/mol. The zero-order valence-electron chi connectivity index (χ0n) is 20.2. The lowest BCUT2D eigenvalue weighted by Gasteiger charge is -2.50. The van der Waals surface area contributed by atoms with Gasteiger partial charge >= 0.3 is 0 Å². The number of anilines is 3. The van der Waals surface area contributed by atoms with Gasteiger partial charge in [-0.3, -0.25) is 4.79 Å². The van der Waals surface area contributed by atoms with Crippen molar-refractivity contribution in [2.24, 2.45) is 5.92 Å². The van der Waals surface area contributed by atoms with E-state index in [9.17, 15) is 9.18 Å². The van der Waals surface area contributed by atoms with E-state index >= 15 is 0 Å². The number of para-hydroxylation sites is 2. The Labute approximate surface area is 216 Å². The van der Waals surface area contributed by atoms with Gasteiger partial charge in [0.2, 0.25) is 5.91 Å². The highest BCUT2D eigenvalue weighted by atomic mass is 35.5. The van der Waals surface area contributed by atoms with Gasteiger partial charge in [-0.1, -0.05) is 48.0 Å². The molecule has 2 unspecified atom stereocenters. The molecule has 0 radical (unpaired) electrons. The molecule has 0 saturated carbocycles. The maximum atomic E-state index is 14.6. The summed E-state index contributed by atoms with van der Waals surface area (Å²) in [7, 11) is 0. The first-order valence-electron chi connectivity index (χ1n) is 12.7. The molecule has 2 saturated heterocycles. The first-order valence-corrected chi connectivity index (χ1v) is 13.1. The minimum atomic E-state index is -0.206. The monoisotopic (exact) mass is 504 g/mol. The summed E-state index contributed by atoms with van der Waals surface area (Å²) in [5.41, 5.74) is 4.16. The van der Waals surface area contributed by atoms with Crippen molar-refractivity contribution in [2.45, 2.75) is 12.5 Å². The maximum absolute atomic E-state index is 14.6. The van der Waals surface area contributed by atoms with Crippen LogP contribution in [0, 0.1) is 11.7 Å². The molecule has 0 spiro atoms. The topological polar surface area (TPSA) is 30.0 Å². The van der Waals surface area contributed by atoms with Crippen molar-refractivity contribution in [3.63, 3.8) is 0 Å². The lowest BCUT2D eigenvalue weighted by Crippen LogP contribution is -2.62. The van der Waals surface area contributed by atoms with Crippen LogP contribution >= 0.6 is 11.6 Å². The van der Waals surface area contributed by atoms with Crippen molar-refractivity contribution >= 4 is 34.6 Å². The Balaban J connectivity index is 1.23. The lowest BCUT2D eigenvalue weighted by molar-refractivity contribution is -0.136. The van der Waals surface area contributed by atoms with Crippen LogP contribution in [0.2, 0.25) is 5.02 Å². The van der Waals surface area contributed by atoms with Crippen molar-refractivity contribution in [2.75, 3.05) is 60.5 Å². The number of carbonyl (C=O) groups excluding carboxylic acids is 1. The Morgan fingerprint density at radius 1 is 0.806 bits per heavy atom. The third kappa shape index (κ3) is 4.28. The number of amides is 1. The van der Waals surface area contributed by atoms with Crippen LogP contribution in [0.25, 0.3) is 0 Å². The van der Waals surface area contributed by atoms with Crippen LogP contribution in [-0.2, 0) is 11.2 Å². The second-order valence-corrected chi connectivity index (χ2v) is 10.3. The SMILES string of the molecule is O=C(C1Cc2ccccc2N2CCN(c3ccccc3F)CC12)N1CCN(c2cccc(Cl)c2)CC1. The van der Waals surface area contributed by atoms with E-state index in [-0.39, 0.29) is 23.7 Å². The zero-order chi connectivity index (χ0) is 24.6. The van der Waals surface area contributed by atoms with Crippen molar-refractivity contribution in [1.82, 2.24) is 4.90 Å². The fourth-order valence-electron chi connectivity index (χ4n) is 6.06. The molecule has 3 aromatic rings. The van der Waals surface area contributed by atoms with Gasteiger partial charge in [-0.2, -0.15) is 0 Å². The standard InChI is InChI=1S/C29H30ClFN4O/c30-22-7-5-8-23(19-22)32-12-14-33(15-13-32)29(36)24-18-21-6-1-3-10-26(21)35-17-16-34(20-28(24)35)27-11-4-2-9-25(27)31/h1-11,19,24,28H,12-18,20H2. The molecule has 3 aromatic carbocycles. The second kappa shape index (κ2) is 9.66. The zero-order valence-corrected chi connectivity index (χ0v) is 20.9. The van der Waals surface area contributed by atoms with Gasteiger partial charge in [-0.05, 0) is 48.4 Å². The minimum absolute atomic E-state index is 0.00622. The van der Waals surface area contributed by atoms with Gasteiger partial charge in [-0.15, -0.1) is 0 Å². The Hall–Kier alpha value is -3.25. The predicted octanol–water partition coefficient (Wildman–Crippen LogP) is 4.70. The molecule has 2 atom stereocenters. The van der Waals surface area contributed by atoms with E-state index in [1.807, 2.05) is 35.2 Å². The first kappa shape index (κ1) is 23.2. The number of nitrogens with zero attached hydrogens (tertiary/aromatic N) is 4. The van der Waals surface area contributed by atoms with Crippen LogP contribution in [0.4, 0.5) is 21.5 Å². The molecule has 186 valence electrons. The Kier molecular flexibility index (Phi) is 6.22. The second-order valence-electron chi connectivity index (χ2n) is 9.89.